The van der Waals surface area contributed by atoms with E-state index in [1.165, 1.54) is 38.2 Å². The number of methoxy groups -OCH3 is 1. The van der Waals surface area contributed by atoms with Gasteiger partial charge in [-0.2, -0.15) is 0 Å². The molecular weight excluding hydrogens is 322 g/mol. The zero-order valence-electron chi connectivity index (χ0n) is 13.4. The van der Waals surface area contributed by atoms with Gasteiger partial charge in [-0.15, -0.1) is 0 Å². The standard InChI is InChI=1S/C14H17N3O7/c1-16(2)13(19)7-15-12(18)8-24-14(20)10-6-9(17(21)22)4-5-11(10)23-3/h4-6H,7-8H2,1-3H3,(H,15,18). The van der Waals surface area contributed by atoms with Gasteiger partial charge >= 0.3 is 5.97 Å². The maximum Gasteiger partial charge on any atom is 0.342 e. The molecule has 0 aromatic heterocycles. The van der Waals surface area contributed by atoms with E-state index >= 15 is 0 Å². The molecule has 1 rings (SSSR count). The molecule has 2 amide bonds. The van der Waals surface area contributed by atoms with Crippen molar-refractivity contribution in [2.24, 2.45) is 0 Å². The molecule has 0 fully saturated rings. The first kappa shape index (κ1) is 18.9. The SMILES string of the molecule is COc1ccc([N+](=O)[O-])cc1C(=O)OCC(=O)NCC(=O)N(C)C. The minimum Gasteiger partial charge on any atom is -0.496 e. The summed E-state index contributed by atoms with van der Waals surface area (Å²) in [7, 11) is 4.35. The van der Waals surface area contributed by atoms with Crippen LogP contribution in [0.1, 0.15) is 10.4 Å². The molecule has 0 radical (unpaired) electrons. The molecule has 0 aliphatic carbocycles. The third kappa shape index (κ3) is 5.23. The molecule has 0 saturated heterocycles. The molecule has 0 atom stereocenters. The second kappa shape index (κ2) is 8.46. The van der Waals surface area contributed by atoms with Crippen molar-refractivity contribution < 1.29 is 28.8 Å². The van der Waals surface area contributed by atoms with Crippen molar-refractivity contribution in [3.05, 3.63) is 33.9 Å². The lowest BCUT2D eigenvalue weighted by molar-refractivity contribution is -0.384. The van der Waals surface area contributed by atoms with Gasteiger partial charge in [0.05, 0.1) is 18.6 Å². The summed E-state index contributed by atoms with van der Waals surface area (Å²) in [5, 5.41) is 13.0. The van der Waals surface area contributed by atoms with E-state index in [4.69, 9.17) is 9.47 Å². The van der Waals surface area contributed by atoms with Crippen LogP contribution in [-0.4, -0.2) is 62.0 Å². The Balaban J connectivity index is 2.68. The van der Waals surface area contributed by atoms with Crippen molar-refractivity contribution in [2.75, 3.05) is 34.4 Å². The number of hydrogen-bond donors (Lipinski definition) is 1. The predicted octanol–water partition coefficient (Wildman–Crippen LogP) is -0.0354. The molecule has 1 N–H and O–H groups in total. The second-order valence-electron chi connectivity index (χ2n) is 4.78. The third-order valence-corrected chi connectivity index (χ3v) is 2.88. The second-order valence-corrected chi connectivity index (χ2v) is 4.78. The normalized spacial score (nSPS) is 9.79. The Labute approximate surface area is 137 Å². The first-order chi connectivity index (χ1) is 11.3. The zero-order chi connectivity index (χ0) is 18.3. The average molecular weight is 339 g/mol. The van der Waals surface area contributed by atoms with E-state index in [1.54, 1.807) is 0 Å². The summed E-state index contributed by atoms with van der Waals surface area (Å²) >= 11 is 0. The molecule has 1 aromatic carbocycles. The fraction of sp³-hybridized carbons (Fsp3) is 0.357. The number of carbonyl (C=O) groups excluding carboxylic acids is 3. The largest absolute Gasteiger partial charge is 0.496 e. The highest BCUT2D eigenvalue weighted by molar-refractivity contribution is 5.95. The molecule has 1 aromatic rings. The lowest BCUT2D eigenvalue weighted by atomic mass is 10.2. The van der Waals surface area contributed by atoms with Crippen LogP contribution in [0.5, 0.6) is 5.75 Å². The Morgan fingerprint density at radius 3 is 2.50 bits per heavy atom. The quantitative estimate of drug-likeness (QED) is 0.419. The smallest absolute Gasteiger partial charge is 0.342 e. The van der Waals surface area contributed by atoms with Gasteiger partial charge in [0.15, 0.2) is 6.61 Å². The molecule has 0 heterocycles. The molecule has 0 unspecified atom stereocenters. The minimum atomic E-state index is -0.954. The Morgan fingerprint density at radius 2 is 1.96 bits per heavy atom. The number of carbonyl (C=O) groups is 3. The van der Waals surface area contributed by atoms with Crippen LogP contribution in [0.25, 0.3) is 0 Å². The monoisotopic (exact) mass is 339 g/mol. The van der Waals surface area contributed by atoms with Gasteiger partial charge in [0, 0.05) is 26.2 Å². The average Bonchev–Trinajstić information content (AvgIpc) is 2.56. The number of rotatable bonds is 7. The van der Waals surface area contributed by atoms with Crippen LogP contribution >= 0.6 is 0 Å². The molecule has 0 saturated carbocycles. The highest BCUT2D eigenvalue weighted by atomic mass is 16.6. The van der Waals surface area contributed by atoms with E-state index in [0.29, 0.717) is 0 Å². The first-order valence-corrected chi connectivity index (χ1v) is 6.72. The third-order valence-electron chi connectivity index (χ3n) is 2.88. The Morgan fingerprint density at radius 1 is 1.29 bits per heavy atom. The summed E-state index contributed by atoms with van der Waals surface area (Å²) in [6, 6.07) is 3.42. The maximum absolute atomic E-state index is 12.0. The van der Waals surface area contributed by atoms with Crippen LogP contribution in [0.3, 0.4) is 0 Å². The van der Waals surface area contributed by atoms with Gasteiger partial charge in [-0.3, -0.25) is 19.7 Å². The summed E-state index contributed by atoms with van der Waals surface area (Å²) in [5.74, 6) is -1.88. The van der Waals surface area contributed by atoms with Crippen LogP contribution in [0.4, 0.5) is 5.69 Å². The molecule has 130 valence electrons. The maximum atomic E-state index is 12.0. The lowest BCUT2D eigenvalue weighted by Gasteiger charge is -2.11. The van der Waals surface area contributed by atoms with Crippen LogP contribution in [-0.2, 0) is 14.3 Å². The number of ether oxygens (including phenoxy) is 2. The fourth-order valence-corrected chi connectivity index (χ4v) is 1.56. The molecule has 0 aliphatic heterocycles. The van der Waals surface area contributed by atoms with Crippen molar-refractivity contribution >= 4 is 23.5 Å². The first-order valence-electron chi connectivity index (χ1n) is 6.72. The van der Waals surface area contributed by atoms with Gasteiger partial charge < -0.3 is 19.7 Å². The van der Waals surface area contributed by atoms with E-state index in [0.717, 1.165) is 6.07 Å². The summed E-state index contributed by atoms with van der Waals surface area (Å²) in [5.41, 5.74) is -0.493. The van der Waals surface area contributed by atoms with Crippen LogP contribution in [0.2, 0.25) is 0 Å². The molecule has 0 aliphatic rings. The van der Waals surface area contributed by atoms with Gasteiger partial charge in [0.2, 0.25) is 5.91 Å². The van der Waals surface area contributed by atoms with Crippen LogP contribution < -0.4 is 10.1 Å². The number of nitrogens with one attached hydrogen (secondary N) is 1. The summed E-state index contributed by atoms with van der Waals surface area (Å²) in [6.45, 7) is -0.866. The number of esters is 1. The van der Waals surface area contributed by atoms with E-state index in [9.17, 15) is 24.5 Å². The predicted molar refractivity (Wildman–Crippen MR) is 81.6 cm³/mol. The van der Waals surface area contributed by atoms with E-state index in [1.807, 2.05) is 0 Å². The molecular formula is C14H17N3O7. The van der Waals surface area contributed by atoms with Gasteiger partial charge in [0.25, 0.3) is 11.6 Å². The minimum absolute atomic E-state index is 0.0776. The topological polar surface area (TPSA) is 128 Å². The van der Waals surface area contributed by atoms with Crippen molar-refractivity contribution in [1.82, 2.24) is 10.2 Å². The molecule has 10 nitrogen and oxygen atoms in total. The van der Waals surface area contributed by atoms with Gasteiger partial charge in [-0.05, 0) is 6.07 Å². The van der Waals surface area contributed by atoms with Crippen LogP contribution in [0, 0.1) is 10.1 Å². The number of nitro groups is 1. The lowest BCUT2D eigenvalue weighted by Crippen LogP contribution is -2.38. The molecule has 0 bridgehead atoms. The van der Waals surface area contributed by atoms with Crippen LogP contribution in [0.15, 0.2) is 18.2 Å². The number of nitrogens with zero attached hydrogens (tertiary/aromatic N) is 2. The van der Waals surface area contributed by atoms with E-state index in [-0.39, 0.29) is 29.5 Å². The number of non-ortho nitro benzene ring substituents is 1. The van der Waals surface area contributed by atoms with Gasteiger partial charge in [0.1, 0.15) is 11.3 Å². The van der Waals surface area contributed by atoms with E-state index < -0.39 is 23.4 Å². The Hall–Kier alpha value is -3.17. The zero-order valence-corrected chi connectivity index (χ0v) is 13.4. The van der Waals surface area contributed by atoms with Crippen molar-refractivity contribution in [1.29, 1.82) is 0 Å². The number of amides is 2. The highest BCUT2D eigenvalue weighted by Gasteiger charge is 2.19. The number of benzene rings is 1. The molecule has 24 heavy (non-hydrogen) atoms. The van der Waals surface area contributed by atoms with Crippen molar-refractivity contribution in [3.63, 3.8) is 0 Å². The van der Waals surface area contributed by atoms with Gasteiger partial charge in [-0.1, -0.05) is 0 Å². The van der Waals surface area contributed by atoms with Crippen molar-refractivity contribution in [3.8, 4) is 5.75 Å². The summed E-state index contributed by atoms with van der Waals surface area (Å²) in [6.07, 6.45) is 0. The summed E-state index contributed by atoms with van der Waals surface area (Å²) in [4.78, 5) is 46.2. The Bertz CT molecular complexity index is 658. The molecule has 10 heteroatoms. The number of nitro benzene ring substituents is 1. The van der Waals surface area contributed by atoms with E-state index in [2.05, 4.69) is 5.32 Å². The van der Waals surface area contributed by atoms with Gasteiger partial charge in [-0.25, -0.2) is 4.79 Å². The highest BCUT2D eigenvalue weighted by Crippen LogP contribution is 2.24. The fourth-order valence-electron chi connectivity index (χ4n) is 1.56. The number of likely N-dealkylation sites (N-methyl/N-ethyl adjacent to an activating group) is 1. The summed E-state index contributed by atoms with van der Waals surface area (Å²) < 4.78 is 9.72. The number of hydrogen-bond acceptors (Lipinski definition) is 7. The van der Waals surface area contributed by atoms with Crippen molar-refractivity contribution in [2.45, 2.75) is 0 Å². The molecule has 0 spiro atoms. The Kier molecular flexibility index (Phi) is 6.65.